The van der Waals surface area contributed by atoms with Crippen molar-refractivity contribution in [2.24, 2.45) is 0 Å². The highest BCUT2D eigenvalue weighted by Gasteiger charge is 2.07. The molecule has 10 heavy (non-hydrogen) atoms. The van der Waals surface area contributed by atoms with Gasteiger partial charge in [0.05, 0.1) is 5.69 Å². The molecule has 0 aliphatic carbocycles. The number of aromatic amines is 1. The van der Waals surface area contributed by atoms with Crippen molar-refractivity contribution in [3.8, 4) is 5.88 Å². The molecule has 2 N–H and O–H groups in total. The summed E-state index contributed by atoms with van der Waals surface area (Å²) in [6.45, 7) is 3.55. The Kier molecular flexibility index (Phi) is 1.49. The van der Waals surface area contributed by atoms with Crippen molar-refractivity contribution in [2.45, 2.75) is 13.8 Å². The molecule has 1 rings (SSSR count). The van der Waals surface area contributed by atoms with Crippen LogP contribution in [0.4, 0.5) is 0 Å². The van der Waals surface area contributed by atoms with E-state index in [1.54, 1.807) is 13.8 Å². The second kappa shape index (κ2) is 2.17. The van der Waals surface area contributed by atoms with Crippen molar-refractivity contribution in [3.63, 3.8) is 0 Å². The molecular formula is C7H9NO2. The lowest BCUT2D eigenvalue weighted by Gasteiger charge is -1.86. The first-order chi connectivity index (χ1) is 4.66. The third-order valence-corrected chi connectivity index (χ3v) is 1.69. The van der Waals surface area contributed by atoms with Crippen LogP contribution in [0.5, 0.6) is 5.88 Å². The molecule has 3 heteroatoms. The smallest absolute Gasteiger partial charge is 0.192 e. The lowest BCUT2D eigenvalue weighted by molar-refractivity contribution is 0.111. The molecule has 0 unspecified atom stereocenters. The minimum atomic E-state index is 0.0830. The summed E-state index contributed by atoms with van der Waals surface area (Å²) in [6, 6.07) is 0. The van der Waals surface area contributed by atoms with Gasteiger partial charge in [-0.2, -0.15) is 0 Å². The van der Waals surface area contributed by atoms with Gasteiger partial charge in [0.15, 0.2) is 12.2 Å². The standard InChI is InChI=1S/C7H9NO2/c1-4-5(2)7(10)8-6(4)3-9/h3,8,10H,1-2H3. The van der Waals surface area contributed by atoms with Gasteiger partial charge in [0, 0.05) is 5.56 Å². The first kappa shape index (κ1) is 6.86. The van der Waals surface area contributed by atoms with E-state index in [-0.39, 0.29) is 5.88 Å². The van der Waals surface area contributed by atoms with Gasteiger partial charge < -0.3 is 10.1 Å². The number of H-pyrrole nitrogens is 1. The van der Waals surface area contributed by atoms with E-state index in [4.69, 9.17) is 5.11 Å². The molecule has 0 bridgehead atoms. The van der Waals surface area contributed by atoms with Crippen molar-refractivity contribution >= 4 is 6.29 Å². The van der Waals surface area contributed by atoms with Crippen LogP contribution in [-0.2, 0) is 0 Å². The molecule has 0 spiro atoms. The van der Waals surface area contributed by atoms with E-state index in [1.165, 1.54) is 0 Å². The zero-order valence-corrected chi connectivity index (χ0v) is 5.93. The summed E-state index contributed by atoms with van der Waals surface area (Å²) in [5.41, 5.74) is 2.00. The zero-order chi connectivity index (χ0) is 7.72. The first-order valence-corrected chi connectivity index (χ1v) is 3.00. The van der Waals surface area contributed by atoms with Gasteiger partial charge in [0.25, 0.3) is 0 Å². The summed E-state index contributed by atoms with van der Waals surface area (Å²) in [6.07, 6.45) is 0.696. The molecule has 0 atom stereocenters. The summed E-state index contributed by atoms with van der Waals surface area (Å²) < 4.78 is 0. The van der Waals surface area contributed by atoms with Crippen molar-refractivity contribution in [1.82, 2.24) is 4.98 Å². The maximum absolute atomic E-state index is 10.3. The number of carbonyl (C=O) groups excluding carboxylic acids is 1. The van der Waals surface area contributed by atoms with Crippen LogP contribution in [0.3, 0.4) is 0 Å². The lowest BCUT2D eigenvalue weighted by Crippen LogP contribution is -1.81. The fraction of sp³-hybridized carbons (Fsp3) is 0.286. The monoisotopic (exact) mass is 139 g/mol. The molecular weight excluding hydrogens is 130 g/mol. The molecule has 0 aromatic carbocycles. The number of carbonyl (C=O) groups is 1. The topological polar surface area (TPSA) is 53.1 Å². The normalized spacial score (nSPS) is 9.80. The van der Waals surface area contributed by atoms with Gasteiger partial charge in [-0.05, 0) is 19.4 Å². The Labute approximate surface area is 58.7 Å². The Bertz CT molecular complexity index is 263. The third kappa shape index (κ3) is 0.795. The molecule has 0 aliphatic rings. The van der Waals surface area contributed by atoms with Crippen molar-refractivity contribution < 1.29 is 9.90 Å². The number of nitrogens with one attached hydrogen (secondary N) is 1. The molecule has 1 aromatic heterocycles. The summed E-state index contributed by atoms with van der Waals surface area (Å²) in [5.74, 6) is 0.0830. The predicted molar refractivity (Wildman–Crippen MR) is 37.3 cm³/mol. The number of hydrogen-bond acceptors (Lipinski definition) is 2. The van der Waals surface area contributed by atoms with Crippen molar-refractivity contribution in [2.75, 3.05) is 0 Å². The Morgan fingerprint density at radius 2 is 2.00 bits per heavy atom. The molecule has 0 saturated carbocycles. The molecule has 3 nitrogen and oxygen atoms in total. The van der Waals surface area contributed by atoms with E-state index in [0.29, 0.717) is 12.0 Å². The van der Waals surface area contributed by atoms with Crippen LogP contribution in [0.15, 0.2) is 0 Å². The lowest BCUT2D eigenvalue weighted by atomic mass is 10.2. The highest BCUT2D eigenvalue weighted by molar-refractivity contribution is 5.76. The van der Waals surface area contributed by atoms with Gasteiger partial charge >= 0.3 is 0 Å². The summed E-state index contributed by atoms with van der Waals surface area (Å²) in [4.78, 5) is 12.8. The van der Waals surface area contributed by atoms with E-state index < -0.39 is 0 Å². The van der Waals surface area contributed by atoms with Gasteiger partial charge in [-0.1, -0.05) is 0 Å². The Balaban J connectivity index is 3.30. The predicted octanol–water partition coefficient (Wildman–Crippen LogP) is 1.15. The molecule has 0 aliphatic heterocycles. The van der Waals surface area contributed by atoms with E-state index >= 15 is 0 Å². The van der Waals surface area contributed by atoms with Crippen LogP contribution >= 0.6 is 0 Å². The molecule has 0 fully saturated rings. The Morgan fingerprint density at radius 3 is 2.20 bits per heavy atom. The van der Waals surface area contributed by atoms with Crippen LogP contribution in [0.2, 0.25) is 0 Å². The maximum atomic E-state index is 10.3. The van der Waals surface area contributed by atoms with Gasteiger partial charge in [-0.25, -0.2) is 0 Å². The van der Waals surface area contributed by atoms with Crippen LogP contribution < -0.4 is 0 Å². The second-order valence-electron chi connectivity index (χ2n) is 2.26. The second-order valence-corrected chi connectivity index (χ2v) is 2.26. The first-order valence-electron chi connectivity index (χ1n) is 3.00. The van der Waals surface area contributed by atoms with E-state index in [9.17, 15) is 4.79 Å². The van der Waals surface area contributed by atoms with Crippen LogP contribution in [0.25, 0.3) is 0 Å². The molecule has 54 valence electrons. The van der Waals surface area contributed by atoms with Gasteiger partial charge in [0.2, 0.25) is 0 Å². The third-order valence-electron chi connectivity index (χ3n) is 1.69. The average Bonchev–Trinajstić information content (AvgIpc) is 2.17. The van der Waals surface area contributed by atoms with Crippen LogP contribution in [0, 0.1) is 13.8 Å². The van der Waals surface area contributed by atoms with Gasteiger partial charge in [0.1, 0.15) is 0 Å². The van der Waals surface area contributed by atoms with Crippen molar-refractivity contribution in [1.29, 1.82) is 0 Å². The molecule has 0 radical (unpaired) electrons. The summed E-state index contributed by atoms with van der Waals surface area (Å²) in [7, 11) is 0. The SMILES string of the molecule is Cc1c(O)[nH]c(C=O)c1C. The molecule has 1 aromatic rings. The number of aldehydes is 1. The summed E-state index contributed by atoms with van der Waals surface area (Å²) in [5, 5.41) is 9.04. The Hall–Kier alpha value is -1.25. The van der Waals surface area contributed by atoms with Crippen LogP contribution in [0.1, 0.15) is 21.6 Å². The van der Waals surface area contributed by atoms with E-state index in [2.05, 4.69) is 4.98 Å². The number of aromatic nitrogens is 1. The quantitative estimate of drug-likeness (QED) is 0.573. The van der Waals surface area contributed by atoms with E-state index in [0.717, 1.165) is 11.1 Å². The zero-order valence-electron chi connectivity index (χ0n) is 5.93. The summed E-state index contributed by atoms with van der Waals surface area (Å²) >= 11 is 0. The van der Waals surface area contributed by atoms with Gasteiger partial charge in [-0.3, -0.25) is 4.79 Å². The largest absolute Gasteiger partial charge is 0.494 e. The van der Waals surface area contributed by atoms with Gasteiger partial charge in [-0.15, -0.1) is 0 Å². The number of rotatable bonds is 1. The fourth-order valence-corrected chi connectivity index (χ4v) is 0.813. The minimum Gasteiger partial charge on any atom is -0.494 e. The average molecular weight is 139 g/mol. The number of aromatic hydroxyl groups is 1. The Morgan fingerprint density at radius 1 is 1.40 bits per heavy atom. The highest BCUT2D eigenvalue weighted by Crippen LogP contribution is 2.20. The highest BCUT2D eigenvalue weighted by atomic mass is 16.3. The maximum Gasteiger partial charge on any atom is 0.192 e. The van der Waals surface area contributed by atoms with Crippen LogP contribution in [-0.4, -0.2) is 16.4 Å². The van der Waals surface area contributed by atoms with E-state index in [1.807, 2.05) is 0 Å². The number of hydrogen-bond donors (Lipinski definition) is 2. The molecule has 0 saturated heterocycles. The fourth-order valence-electron chi connectivity index (χ4n) is 0.813. The minimum absolute atomic E-state index is 0.0830. The van der Waals surface area contributed by atoms with Crippen molar-refractivity contribution in [3.05, 3.63) is 16.8 Å². The molecule has 1 heterocycles. The molecule has 0 amide bonds.